The van der Waals surface area contributed by atoms with Crippen molar-refractivity contribution in [1.29, 1.82) is 0 Å². The number of fused-ring (bicyclic) bond motifs is 3. The number of aryl methyl sites for hydroxylation is 2. The van der Waals surface area contributed by atoms with Gasteiger partial charge in [-0.1, -0.05) is 84.4 Å². The molecule has 1 N–H and O–H groups in total. The van der Waals surface area contributed by atoms with Crippen LogP contribution in [0.1, 0.15) is 28.3 Å². The minimum atomic E-state index is -0.346. The maximum atomic E-state index is 13.7. The summed E-state index contributed by atoms with van der Waals surface area (Å²) in [7, 11) is 3.28. The molecule has 2 aromatic heterocycles. The van der Waals surface area contributed by atoms with Crippen molar-refractivity contribution in [2.24, 2.45) is 14.1 Å². The van der Waals surface area contributed by atoms with E-state index in [-0.39, 0.29) is 17.2 Å². The first-order valence-electron chi connectivity index (χ1n) is 12.0. The highest BCUT2D eigenvalue weighted by Gasteiger charge is 2.32. The zero-order chi connectivity index (χ0) is 25.0. The van der Waals surface area contributed by atoms with Gasteiger partial charge in [0.1, 0.15) is 0 Å². The largest absolute Gasteiger partial charge is 0.331 e. The fourth-order valence-corrected chi connectivity index (χ4v) is 5.26. The minimum Gasteiger partial charge on any atom is -0.294 e. The highest BCUT2D eigenvalue weighted by Crippen LogP contribution is 2.41. The number of nitrogens with zero attached hydrogens (tertiary/aromatic N) is 3. The molecule has 0 bridgehead atoms. The Bertz CT molecular complexity index is 1770. The van der Waals surface area contributed by atoms with E-state index in [4.69, 9.17) is 0 Å². The molecule has 36 heavy (non-hydrogen) atoms. The van der Waals surface area contributed by atoms with Crippen LogP contribution in [-0.4, -0.2) is 13.8 Å². The fraction of sp³-hybridized carbons (Fsp3) is 0.133. The van der Waals surface area contributed by atoms with Gasteiger partial charge < -0.3 is 0 Å². The van der Waals surface area contributed by atoms with Gasteiger partial charge in [-0.2, -0.15) is 0 Å². The Morgan fingerprint density at radius 1 is 0.778 bits per heavy atom. The van der Waals surface area contributed by atoms with Crippen LogP contribution in [0.2, 0.25) is 0 Å². The summed E-state index contributed by atoms with van der Waals surface area (Å²) in [6.07, 6.45) is 2.18. The Hall–Kier alpha value is -4.58. The molecule has 6 rings (SSSR count). The second kappa shape index (κ2) is 8.27. The van der Waals surface area contributed by atoms with E-state index in [0.29, 0.717) is 10.9 Å². The van der Waals surface area contributed by atoms with E-state index in [0.717, 1.165) is 39.3 Å². The van der Waals surface area contributed by atoms with E-state index in [1.807, 2.05) is 66.2 Å². The summed E-state index contributed by atoms with van der Waals surface area (Å²) in [5.74, 6) is -0.179. The lowest BCUT2D eigenvalue weighted by Gasteiger charge is -2.28. The van der Waals surface area contributed by atoms with Gasteiger partial charge >= 0.3 is 5.69 Å². The first-order chi connectivity index (χ1) is 17.5. The smallest absolute Gasteiger partial charge is 0.294 e. The van der Waals surface area contributed by atoms with Gasteiger partial charge in [-0.05, 0) is 30.2 Å². The van der Waals surface area contributed by atoms with Gasteiger partial charge in [-0.25, -0.2) is 4.79 Å². The molecule has 0 spiro atoms. The Morgan fingerprint density at radius 3 is 2.14 bits per heavy atom. The first-order valence-corrected chi connectivity index (χ1v) is 12.0. The van der Waals surface area contributed by atoms with Crippen molar-refractivity contribution in [3.05, 3.63) is 134 Å². The van der Waals surface area contributed by atoms with Gasteiger partial charge in [0, 0.05) is 25.6 Å². The van der Waals surface area contributed by atoms with Crippen molar-refractivity contribution in [1.82, 2.24) is 13.8 Å². The lowest BCUT2D eigenvalue weighted by molar-refractivity contribution is 0.709. The molecule has 1 aliphatic rings. The molecule has 1 aliphatic heterocycles. The number of allylic oxidation sites excluding steroid dienone is 1. The lowest BCUT2D eigenvalue weighted by Crippen LogP contribution is -2.37. The minimum absolute atomic E-state index is 0.179. The monoisotopic (exact) mass is 474 g/mol. The lowest BCUT2D eigenvalue weighted by atomic mass is 9.91. The third-order valence-electron chi connectivity index (χ3n) is 7.00. The SMILES string of the molecule is Cc1cccc(-c2c3c(=O)n(C)c(=O)n(C)c3c3n2NC(c2ccccc2)=CC3c2ccccc2)c1. The van der Waals surface area contributed by atoms with Gasteiger partial charge in [-0.3, -0.25) is 24.0 Å². The van der Waals surface area contributed by atoms with Crippen LogP contribution in [0, 0.1) is 6.92 Å². The second-order valence-electron chi connectivity index (χ2n) is 9.31. The van der Waals surface area contributed by atoms with Crippen molar-refractivity contribution >= 4 is 16.6 Å². The Morgan fingerprint density at radius 2 is 1.44 bits per heavy atom. The molecule has 6 nitrogen and oxygen atoms in total. The standard InChI is InChI=1S/C30H26N4O2/c1-19-11-10-16-22(17-19)26-25-28(32(2)30(36)33(3)29(25)35)27-23(20-12-6-4-7-13-20)18-24(31-34(26)27)21-14-8-5-9-15-21/h4-18,23,31H,1-3H3. The molecule has 0 radical (unpaired) electrons. The molecule has 5 aromatic rings. The van der Waals surface area contributed by atoms with Crippen LogP contribution in [0.3, 0.4) is 0 Å². The molecule has 0 saturated heterocycles. The van der Waals surface area contributed by atoms with Gasteiger partial charge in [0.2, 0.25) is 0 Å². The third-order valence-corrected chi connectivity index (χ3v) is 7.00. The van der Waals surface area contributed by atoms with E-state index in [9.17, 15) is 9.59 Å². The number of hydrogen-bond acceptors (Lipinski definition) is 3. The summed E-state index contributed by atoms with van der Waals surface area (Å²) >= 11 is 0. The van der Waals surface area contributed by atoms with E-state index in [1.54, 1.807) is 11.6 Å². The summed E-state index contributed by atoms with van der Waals surface area (Å²) in [5.41, 5.74) is 10.3. The zero-order valence-corrected chi connectivity index (χ0v) is 20.4. The Balaban J connectivity index is 1.79. The Labute approximate surface area is 208 Å². The number of aromatic nitrogens is 3. The molecule has 0 saturated carbocycles. The summed E-state index contributed by atoms with van der Waals surface area (Å²) in [6.45, 7) is 2.04. The molecule has 6 heteroatoms. The van der Waals surface area contributed by atoms with Gasteiger partial charge in [0.05, 0.1) is 28.0 Å². The van der Waals surface area contributed by atoms with Crippen molar-refractivity contribution in [2.75, 3.05) is 5.43 Å². The molecule has 0 fully saturated rings. The van der Waals surface area contributed by atoms with Crippen molar-refractivity contribution in [2.45, 2.75) is 12.8 Å². The predicted octanol–water partition coefficient (Wildman–Crippen LogP) is 4.74. The summed E-state index contributed by atoms with van der Waals surface area (Å²) in [4.78, 5) is 26.8. The normalized spacial score (nSPS) is 14.9. The summed E-state index contributed by atoms with van der Waals surface area (Å²) < 4.78 is 4.80. The van der Waals surface area contributed by atoms with E-state index in [2.05, 4.69) is 41.8 Å². The van der Waals surface area contributed by atoms with Crippen LogP contribution < -0.4 is 16.7 Å². The van der Waals surface area contributed by atoms with Gasteiger partial charge in [0.25, 0.3) is 5.56 Å². The van der Waals surface area contributed by atoms with Gasteiger partial charge in [0.15, 0.2) is 0 Å². The molecule has 3 heterocycles. The van der Waals surface area contributed by atoms with Crippen molar-refractivity contribution in [3.63, 3.8) is 0 Å². The average Bonchev–Trinajstić information content (AvgIpc) is 3.26. The van der Waals surface area contributed by atoms with E-state index >= 15 is 0 Å². The molecule has 3 aromatic carbocycles. The molecular formula is C30H26N4O2. The van der Waals surface area contributed by atoms with Crippen molar-refractivity contribution in [3.8, 4) is 11.3 Å². The molecule has 1 atom stereocenters. The quantitative estimate of drug-likeness (QED) is 0.411. The third kappa shape index (κ3) is 3.26. The maximum Gasteiger partial charge on any atom is 0.331 e. The van der Waals surface area contributed by atoms with Crippen molar-refractivity contribution < 1.29 is 0 Å². The number of rotatable bonds is 3. The average molecular weight is 475 g/mol. The zero-order valence-electron chi connectivity index (χ0n) is 20.4. The van der Waals surface area contributed by atoms with Crippen LogP contribution in [-0.2, 0) is 14.1 Å². The highest BCUT2D eigenvalue weighted by molar-refractivity contribution is 5.98. The van der Waals surface area contributed by atoms with E-state index < -0.39 is 0 Å². The van der Waals surface area contributed by atoms with Crippen LogP contribution >= 0.6 is 0 Å². The van der Waals surface area contributed by atoms with Crippen LogP contribution in [0.5, 0.6) is 0 Å². The number of benzene rings is 3. The van der Waals surface area contributed by atoms with E-state index in [1.165, 1.54) is 11.6 Å². The molecule has 1 unspecified atom stereocenters. The first kappa shape index (κ1) is 21.9. The summed E-state index contributed by atoms with van der Waals surface area (Å²) in [6, 6.07) is 28.5. The molecular weight excluding hydrogens is 448 g/mol. The fourth-order valence-electron chi connectivity index (χ4n) is 5.26. The molecule has 178 valence electrons. The number of hydrogen-bond donors (Lipinski definition) is 1. The number of nitrogens with one attached hydrogen (secondary N) is 1. The molecule has 0 aliphatic carbocycles. The Kier molecular flexibility index (Phi) is 5.04. The highest BCUT2D eigenvalue weighted by atomic mass is 16.2. The second-order valence-corrected chi connectivity index (χ2v) is 9.31. The topological polar surface area (TPSA) is 61.0 Å². The van der Waals surface area contributed by atoms with Gasteiger partial charge in [-0.15, -0.1) is 0 Å². The maximum absolute atomic E-state index is 13.7. The van der Waals surface area contributed by atoms with Crippen LogP contribution in [0.4, 0.5) is 0 Å². The summed E-state index contributed by atoms with van der Waals surface area (Å²) in [5, 5.41) is 0.524. The predicted molar refractivity (Wildman–Crippen MR) is 145 cm³/mol. The molecule has 0 amide bonds. The van der Waals surface area contributed by atoms with Crippen LogP contribution in [0.15, 0.2) is 101 Å². The van der Waals surface area contributed by atoms with Crippen LogP contribution in [0.25, 0.3) is 27.9 Å².